The van der Waals surface area contributed by atoms with Gasteiger partial charge in [0.15, 0.2) is 0 Å². The first kappa shape index (κ1) is 17.6. The molecule has 2 N–H and O–H groups in total. The van der Waals surface area contributed by atoms with E-state index in [1.807, 2.05) is 30.3 Å². The van der Waals surface area contributed by atoms with Gasteiger partial charge >= 0.3 is 0 Å². The van der Waals surface area contributed by atoms with Gasteiger partial charge in [0.1, 0.15) is 0 Å². The SMILES string of the molecule is C[C@H](NC[C@H]1C[C@H](O)CN1Cc1ccccc1)c1ccc(C#N)cc1. The van der Waals surface area contributed by atoms with Crippen LogP contribution in [0.25, 0.3) is 0 Å². The Labute approximate surface area is 149 Å². The van der Waals surface area contributed by atoms with Gasteiger partial charge in [0, 0.05) is 31.7 Å². The van der Waals surface area contributed by atoms with Crippen LogP contribution in [0.4, 0.5) is 0 Å². The monoisotopic (exact) mass is 335 g/mol. The van der Waals surface area contributed by atoms with E-state index in [2.05, 4.69) is 47.5 Å². The van der Waals surface area contributed by atoms with Crippen molar-refractivity contribution in [3.63, 3.8) is 0 Å². The van der Waals surface area contributed by atoms with Crippen LogP contribution in [0.1, 0.15) is 36.1 Å². The van der Waals surface area contributed by atoms with Crippen LogP contribution in [0, 0.1) is 11.3 Å². The molecular weight excluding hydrogens is 310 g/mol. The summed E-state index contributed by atoms with van der Waals surface area (Å²) in [7, 11) is 0. The molecular formula is C21H25N3O. The van der Waals surface area contributed by atoms with E-state index in [9.17, 15) is 5.11 Å². The summed E-state index contributed by atoms with van der Waals surface area (Å²) >= 11 is 0. The quantitative estimate of drug-likeness (QED) is 0.852. The Hall–Kier alpha value is -2.19. The van der Waals surface area contributed by atoms with E-state index < -0.39 is 0 Å². The van der Waals surface area contributed by atoms with Crippen LogP contribution in [0.3, 0.4) is 0 Å². The molecule has 1 aliphatic rings. The van der Waals surface area contributed by atoms with Crippen LogP contribution < -0.4 is 5.32 Å². The topological polar surface area (TPSA) is 59.3 Å². The molecule has 0 amide bonds. The van der Waals surface area contributed by atoms with Gasteiger partial charge in [0.2, 0.25) is 0 Å². The number of aliphatic hydroxyl groups is 1. The molecule has 130 valence electrons. The van der Waals surface area contributed by atoms with E-state index in [1.54, 1.807) is 0 Å². The predicted octanol–water partition coefficient (Wildman–Crippen LogP) is 2.84. The van der Waals surface area contributed by atoms with Crippen molar-refractivity contribution < 1.29 is 5.11 Å². The molecule has 4 heteroatoms. The van der Waals surface area contributed by atoms with Crippen molar-refractivity contribution in [2.24, 2.45) is 0 Å². The first-order valence-electron chi connectivity index (χ1n) is 8.85. The Bertz CT molecular complexity index is 708. The predicted molar refractivity (Wildman–Crippen MR) is 98.8 cm³/mol. The lowest BCUT2D eigenvalue weighted by molar-refractivity contribution is 0.172. The molecule has 1 heterocycles. The smallest absolute Gasteiger partial charge is 0.0991 e. The second-order valence-corrected chi connectivity index (χ2v) is 6.82. The molecule has 0 unspecified atom stereocenters. The Morgan fingerprint density at radius 1 is 1.20 bits per heavy atom. The molecule has 4 nitrogen and oxygen atoms in total. The van der Waals surface area contributed by atoms with Gasteiger partial charge in [-0.05, 0) is 36.6 Å². The maximum absolute atomic E-state index is 10.1. The zero-order valence-electron chi connectivity index (χ0n) is 14.6. The van der Waals surface area contributed by atoms with E-state index in [-0.39, 0.29) is 12.1 Å². The molecule has 0 bridgehead atoms. The number of rotatable bonds is 6. The summed E-state index contributed by atoms with van der Waals surface area (Å²) in [6.45, 7) is 4.57. The van der Waals surface area contributed by atoms with E-state index in [4.69, 9.17) is 5.26 Å². The molecule has 3 rings (SSSR count). The lowest BCUT2D eigenvalue weighted by Crippen LogP contribution is -2.38. The van der Waals surface area contributed by atoms with Gasteiger partial charge in [0.25, 0.3) is 0 Å². The molecule has 0 aliphatic carbocycles. The average molecular weight is 335 g/mol. The lowest BCUT2D eigenvalue weighted by atomic mass is 10.1. The highest BCUT2D eigenvalue weighted by molar-refractivity contribution is 5.32. The first-order chi connectivity index (χ1) is 12.2. The van der Waals surface area contributed by atoms with Gasteiger partial charge < -0.3 is 10.4 Å². The molecule has 1 fully saturated rings. The normalized spacial score (nSPS) is 21.8. The summed E-state index contributed by atoms with van der Waals surface area (Å²) in [6.07, 6.45) is 0.556. The zero-order chi connectivity index (χ0) is 17.6. The molecule has 0 radical (unpaired) electrons. The third-order valence-corrected chi connectivity index (χ3v) is 4.93. The van der Waals surface area contributed by atoms with Gasteiger partial charge in [-0.1, -0.05) is 42.5 Å². The second kappa shape index (κ2) is 8.26. The van der Waals surface area contributed by atoms with Gasteiger partial charge in [0.05, 0.1) is 17.7 Å². The molecule has 0 spiro atoms. The fourth-order valence-corrected chi connectivity index (χ4v) is 3.46. The van der Waals surface area contributed by atoms with Gasteiger partial charge in [-0.3, -0.25) is 4.90 Å². The molecule has 25 heavy (non-hydrogen) atoms. The Balaban J connectivity index is 1.57. The molecule has 2 aromatic carbocycles. The highest BCUT2D eigenvalue weighted by atomic mass is 16.3. The average Bonchev–Trinajstić information content (AvgIpc) is 3.00. The van der Waals surface area contributed by atoms with Crippen molar-refractivity contribution >= 4 is 0 Å². The number of nitriles is 1. The minimum absolute atomic E-state index is 0.212. The molecule has 1 saturated heterocycles. The highest BCUT2D eigenvalue weighted by Gasteiger charge is 2.30. The second-order valence-electron chi connectivity index (χ2n) is 6.82. The maximum atomic E-state index is 10.1. The van der Waals surface area contributed by atoms with Crippen LogP contribution in [0.15, 0.2) is 54.6 Å². The standard InChI is InChI=1S/C21H25N3O/c1-16(19-9-7-17(12-22)8-10-19)23-13-20-11-21(25)15-24(20)14-18-5-3-2-4-6-18/h2-10,16,20-21,23,25H,11,13-15H2,1H3/t16-,20+,21-/m0/s1. The van der Waals surface area contributed by atoms with Gasteiger partial charge in [-0.2, -0.15) is 5.26 Å². The van der Waals surface area contributed by atoms with Crippen molar-refractivity contribution in [2.75, 3.05) is 13.1 Å². The summed E-state index contributed by atoms with van der Waals surface area (Å²) in [5.74, 6) is 0. The summed E-state index contributed by atoms with van der Waals surface area (Å²) in [6, 6.07) is 20.8. The maximum Gasteiger partial charge on any atom is 0.0991 e. The number of hydrogen-bond donors (Lipinski definition) is 2. The van der Waals surface area contributed by atoms with Crippen molar-refractivity contribution in [3.05, 3.63) is 71.3 Å². The number of likely N-dealkylation sites (tertiary alicyclic amines) is 1. The third kappa shape index (κ3) is 4.67. The van der Waals surface area contributed by atoms with Crippen molar-refractivity contribution in [1.82, 2.24) is 10.2 Å². The van der Waals surface area contributed by atoms with E-state index in [0.717, 1.165) is 26.1 Å². The van der Waals surface area contributed by atoms with Crippen LogP contribution in [0.2, 0.25) is 0 Å². The fourth-order valence-electron chi connectivity index (χ4n) is 3.46. The Morgan fingerprint density at radius 3 is 2.60 bits per heavy atom. The fraction of sp³-hybridized carbons (Fsp3) is 0.381. The third-order valence-electron chi connectivity index (χ3n) is 4.93. The van der Waals surface area contributed by atoms with E-state index in [1.165, 1.54) is 11.1 Å². The summed E-state index contributed by atoms with van der Waals surface area (Å²) in [5.41, 5.74) is 3.14. The van der Waals surface area contributed by atoms with Crippen LogP contribution in [-0.4, -0.2) is 35.2 Å². The number of aliphatic hydroxyl groups excluding tert-OH is 1. The minimum atomic E-state index is -0.249. The minimum Gasteiger partial charge on any atom is -0.392 e. The molecule has 3 atom stereocenters. The Kier molecular flexibility index (Phi) is 5.83. The summed E-state index contributed by atoms with van der Waals surface area (Å²) in [4.78, 5) is 2.36. The van der Waals surface area contributed by atoms with Crippen molar-refractivity contribution in [3.8, 4) is 6.07 Å². The first-order valence-corrected chi connectivity index (χ1v) is 8.85. The van der Waals surface area contributed by atoms with Gasteiger partial charge in [-0.25, -0.2) is 0 Å². The van der Waals surface area contributed by atoms with Crippen molar-refractivity contribution in [1.29, 1.82) is 5.26 Å². The van der Waals surface area contributed by atoms with Crippen molar-refractivity contribution in [2.45, 2.75) is 38.1 Å². The van der Waals surface area contributed by atoms with Crippen LogP contribution in [0.5, 0.6) is 0 Å². The molecule has 0 saturated carbocycles. The number of benzene rings is 2. The highest BCUT2D eigenvalue weighted by Crippen LogP contribution is 2.21. The van der Waals surface area contributed by atoms with Crippen LogP contribution >= 0.6 is 0 Å². The number of nitrogens with zero attached hydrogens (tertiary/aromatic N) is 2. The van der Waals surface area contributed by atoms with E-state index in [0.29, 0.717) is 11.6 Å². The molecule has 2 aromatic rings. The zero-order valence-corrected chi connectivity index (χ0v) is 14.6. The largest absolute Gasteiger partial charge is 0.392 e. The van der Waals surface area contributed by atoms with Gasteiger partial charge in [-0.15, -0.1) is 0 Å². The van der Waals surface area contributed by atoms with Crippen LogP contribution in [-0.2, 0) is 6.54 Å². The number of β-amino-alcohol motifs (C(OH)–C–C–N with tert-alkyl or cyclic N) is 1. The summed E-state index contributed by atoms with van der Waals surface area (Å²) in [5, 5.41) is 22.6. The number of hydrogen-bond acceptors (Lipinski definition) is 4. The summed E-state index contributed by atoms with van der Waals surface area (Å²) < 4.78 is 0. The number of nitrogens with one attached hydrogen (secondary N) is 1. The van der Waals surface area contributed by atoms with E-state index >= 15 is 0 Å². The Morgan fingerprint density at radius 2 is 1.92 bits per heavy atom. The lowest BCUT2D eigenvalue weighted by Gasteiger charge is -2.26. The molecule has 1 aliphatic heterocycles. The molecule has 0 aromatic heterocycles.